The molecule has 0 bridgehead atoms. The minimum absolute atomic E-state index is 0.164. The van der Waals surface area contributed by atoms with Crippen LogP contribution < -0.4 is 9.80 Å². The fourth-order valence-corrected chi connectivity index (χ4v) is 12.4. The summed E-state index contributed by atoms with van der Waals surface area (Å²) in [6, 6.07) is 89.4. The molecule has 15 rings (SSSR count). The van der Waals surface area contributed by atoms with Crippen molar-refractivity contribution in [2.75, 3.05) is 9.80 Å². The van der Waals surface area contributed by atoms with E-state index in [1.54, 1.807) is 0 Å². The second kappa shape index (κ2) is 15.4. The molecule has 0 unspecified atom stereocenters. The van der Waals surface area contributed by atoms with Gasteiger partial charge in [-0.2, -0.15) is 0 Å². The van der Waals surface area contributed by atoms with Gasteiger partial charge in [-0.15, -0.1) is 0 Å². The maximum absolute atomic E-state index is 6.74. The summed E-state index contributed by atoms with van der Waals surface area (Å²) < 4.78 is 6.74. The average Bonchev–Trinajstić information content (AvgIpc) is 3.93. The third kappa shape index (κ3) is 5.91. The molecule has 0 radical (unpaired) electrons. The standard InChI is InChI=1S/C69H46N2O/c1-69(2)57-24-12-9-23-53(57)54-37-34-49(41-58(54)69)70(59-25-13-10-21-51(59)43-16-5-3-6-17-43)61-38-32-46-31-36-56-62(39-33-47-30-35-55(61)65(46)66(47)56)71(60-26-14-11-22-52(60)44-18-7-4-8-19-44)50-40-48-29-28-45-20-15-27-63-67(45)68(48)64(42-50)72-63/h3-42H,1-2H3. The van der Waals surface area contributed by atoms with Crippen molar-refractivity contribution in [2.45, 2.75) is 19.3 Å². The monoisotopic (exact) mass is 918 g/mol. The van der Waals surface area contributed by atoms with Crippen LogP contribution in [0.4, 0.5) is 34.1 Å². The summed E-state index contributed by atoms with van der Waals surface area (Å²) >= 11 is 0. The first-order valence-corrected chi connectivity index (χ1v) is 25.0. The van der Waals surface area contributed by atoms with E-state index in [1.165, 1.54) is 81.9 Å². The van der Waals surface area contributed by atoms with Crippen LogP contribution in [0.1, 0.15) is 25.0 Å². The normalized spacial score (nSPS) is 13.0. The fourth-order valence-electron chi connectivity index (χ4n) is 12.4. The molecule has 3 nitrogen and oxygen atoms in total. The number of benzene rings is 13. The summed E-state index contributed by atoms with van der Waals surface area (Å²) in [4.78, 5) is 4.98. The first kappa shape index (κ1) is 40.7. The molecule has 14 aromatic rings. The molecule has 338 valence electrons. The van der Waals surface area contributed by atoms with Gasteiger partial charge in [-0.1, -0.05) is 202 Å². The molecule has 1 aliphatic rings. The van der Waals surface area contributed by atoms with Gasteiger partial charge in [0.25, 0.3) is 0 Å². The second-order valence-electron chi connectivity index (χ2n) is 20.0. The van der Waals surface area contributed by atoms with Gasteiger partial charge in [-0.25, -0.2) is 0 Å². The molecule has 13 aromatic carbocycles. The van der Waals surface area contributed by atoms with Crippen molar-refractivity contribution in [1.82, 2.24) is 0 Å². The number of furan rings is 1. The van der Waals surface area contributed by atoms with Crippen molar-refractivity contribution in [3.8, 4) is 33.4 Å². The Morgan fingerprint density at radius 3 is 1.46 bits per heavy atom. The predicted molar refractivity (Wildman–Crippen MR) is 304 cm³/mol. The topological polar surface area (TPSA) is 19.6 Å². The van der Waals surface area contributed by atoms with E-state index in [0.29, 0.717) is 0 Å². The van der Waals surface area contributed by atoms with Crippen LogP contribution in [-0.4, -0.2) is 0 Å². The molecular formula is C69H46N2O. The number of hydrogen-bond acceptors (Lipinski definition) is 3. The van der Waals surface area contributed by atoms with E-state index in [0.717, 1.165) is 61.8 Å². The van der Waals surface area contributed by atoms with Crippen LogP contribution in [0, 0.1) is 0 Å². The summed E-state index contributed by atoms with van der Waals surface area (Å²) in [5.74, 6) is 0. The lowest BCUT2D eigenvalue weighted by atomic mass is 9.82. The van der Waals surface area contributed by atoms with Gasteiger partial charge in [0.1, 0.15) is 11.2 Å². The molecule has 0 saturated heterocycles. The SMILES string of the molecule is CC1(C)c2ccccc2-c2ccc(N(c3ccccc3-c3ccccc3)c3ccc4ccc5c(N(c6cc7ccc8cccc9oc(c6)c7c89)c6ccccc6-c6ccccc6)ccc6ccc3c4c65)cc21. The van der Waals surface area contributed by atoms with Gasteiger partial charge in [-0.05, 0) is 114 Å². The van der Waals surface area contributed by atoms with Crippen molar-refractivity contribution in [3.63, 3.8) is 0 Å². The lowest BCUT2D eigenvalue weighted by Crippen LogP contribution is -2.17. The molecule has 0 aliphatic heterocycles. The zero-order chi connectivity index (χ0) is 47.7. The number of anilines is 6. The first-order chi connectivity index (χ1) is 35.5. The van der Waals surface area contributed by atoms with E-state index >= 15 is 0 Å². The van der Waals surface area contributed by atoms with E-state index in [4.69, 9.17) is 4.42 Å². The molecule has 0 N–H and O–H groups in total. The van der Waals surface area contributed by atoms with Gasteiger partial charge in [0.05, 0.1) is 28.4 Å². The minimum atomic E-state index is -0.164. The van der Waals surface area contributed by atoms with E-state index in [2.05, 4.69) is 266 Å². The number of hydrogen-bond donors (Lipinski definition) is 0. The van der Waals surface area contributed by atoms with Crippen molar-refractivity contribution < 1.29 is 4.42 Å². The Balaban J connectivity index is 0.991. The average molecular weight is 919 g/mol. The quantitative estimate of drug-likeness (QED) is 0.142. The van der Waals surface area contributed by atoms with Crippen LogP contribution in [0.15, 0.2) is 247 Å². The first-order valence-electron chi connectivity index (χ1n) is 25.0. The van der Waals surface area contributed by atoms with E-state index in [-0.39, 0.29) is 5.41 Å². The summed E-state index contributed by atoms with van der Waals surface area (Å²) in [5, 5.41) is 12.0. The van der Waals surface area contributed by atoms with Gasteiger partial charge >= 0.3 is 0 Å². The van der Waals surface area contributed by atoms with Gasteiger partial charge in [0.15, 0.2) is 0 Å². The molecule has 0 atom stereocenters. The zero-order valence-corrected chi connectivity index (χ0v) is 39.9. The minimum Gasteiger partial charge on any atom is -0.456 e. The van der Waals surface area contributed by atoms with Gasteiger partial charge in [0.2, 0.25) is 0 Å². The van der Waals surface area contributed by atoms with Crippen LogP contribution in [0.3, 0.4) is 0 Å². The lowest BCUT2D eigenvalue weighted by molar-refractivity contribution is 0.660. The summed E-state index contributed by atoms with van der Waals surface area (Å²) in [5.41, 5.74) is 18.2. The van der Waals surface area contributed by atoms with Gasteiger partial charge in [-0.3, -0.25) is 0 Å². The second-order valence-corrected chi connectivity index (χ2v) is 20.0. The smallest absolute Gasteiger partial charge is 0.138 e. The van der Waals surface area contributed by atoms with Crippen LogP contribution in [0.2, 0.25) is 0 Å². The molecule has 0 spiro atoms. The predicted octanol–water partition coefficient (Wildman–Crippen LogP) is 19.7. The summed E-state index contributed by atoms with van der Waals surface area (Å²) in [6.07, 6.45) is 0. The third-order valence-corrected chi connectivity index (χ3v) is 15.7. The number of rotatable bonds is 8. The Kier molecular flexibility index (Phi) is 8.71. The Morgan fingerprint density at radius 1 is 0.306 bits per heavy atom. The Labute approximate surface area is 417 Å². The van der Waals surface area contributed by atoms with Crippen LogP contribution >= 0.6 is 0 Å². The molecule has 3 heteroatoms. The highest BCUT2D eigenvalue weighted by Gasteiger charge is 2.36. The molecule has 0 amide bonds. The van der Waals surface area contributed by atoms with E-state index < -0.39 is 0 Å². The highest BCUT2D eigenvalue weighted by molar-refractivity contribution is 6.29. The van der Waals surface area contributed by atoms with Crippen molar-refractivity contribution >= 4 is 99.2 Å². The van der Waals surface area contributed by atoms with Gasteiger partial charge in [0, 0.05) is 49.8 Å². The van der Waals surface area contributed by atoms with E-state index in [1.807, 2.05) is 0 Å². The molecule has 0 fully saturated rings. The van der Waals surface area contributed by atoms with Gasteiger partial charge < -0.3 is 14.2 Å². The molecule has 0 saturated carbocycles. The maximum Gasteiger partial charge on any atom is 0.138 e. The zero-order valence-electron chi connectivity index (χ0n) is 39.9. The molecular weight excluding hydrogens is 873 g/mol. The Bertz CT molecular complexity index is 4430. The lowest BCUT2D eigenvalue weighted by Gasteiger charge is -2.32. The largest absolute Gasteiger partial charge is 0.456 e. The number of para-hydroxylation sites is 2. The Morgan fingerprint density at radius 2 is 0.806 bits per heavy atom. The van der Waals surface area contributed by atoms with Crippen molar-refractivity contribution in [1.29, 1.82) is 0 Å². The summed E-state index contributed by atoms with van der Waals surface area (Å²) in [7, 11) is 0. The molecule has 1 heterocycles. The molecule has 1 aliphatic carbocycles. The molecule has 1 aromatic heterocycles. The van der Waals surface area contributed by atoms with Crippen molar-refractivity contribution in [2.24, 2.45) is 0 Å². The Hall–Kier alpha value is -9.18. The van der Waals surface area contributed by atoms with Crippen molar-refractivity contribution in [3.05, 3.63) is 254 Å². The highest BCUT2D eigenvalue weighted by Crippen LogP contribution is 2.54. The molecule has 72 heavy (non-hydrogen) atoms. The van der Waals surface area contributed by atoms with Crippen LogP contribution in [0.5, 0.6) is 0 Å². The van der Waals surface area contributed by atoms with E-state index in [9.17, 15) is 0 Å². The summed E-state index contributed by atoms with van der Waals surface area (Å²) in [6.45, 7) is 4.74. The number of nitrogens with zero attached hydrogens (tertiary/aromatic N) is 2. The number of fused-ring (bicyclic) bond motifs is 3. The third-order valence-electron chi connectivity index (χ3n) is 15.7. The van der Waals surface area contributed by atoms with Crippen LogP contribution in [-0.2, 0) is 5.41 Å². The maximum atomic E-state index is 6.74. The van der Waals surface area contributed by atoms with Crippen LogP contribution in [0.25, 0.3) is 98.4 Å². The highest BCUT2D eigenvalue weighted by atomic mass is 16.3. The fraction of sp³-hybridized carbons (Fsp3) is 0.0435.